The molecule has 0 fully saturated rings. The summed E-state index contributed by atoms with van der Waals surface area (Å²) >= 11 is 0. The van der Waals surface area contributed by atoms with Gasteiger partial charge in [-0.05, 0) is 17.7 Å². The van der Waals surface area contributed by atoms with Gasteiger partial charge in [0.2, 0.25) is 5.91 Å². The molecule has 0 unspecified atom stereocenters. The third kappa shape index (κ3) is 2.62. The molecule has 1 aromatic carbocycles. The van der Waals surface area contributed by atoms with E-state index in [-0.39, 0.29) is 17.7 Å². The van der Waals surface area contributed by atoms with Crippen molar-refractivity contribution in [2.45, 2.75) is 6.42 Å². The van der Waals surface area contributed by atoms with Crippen molar-refractivity contribution in [3.05, 3.63) is 48.1 Å². The van der Waals surface area contributed by atoms with E-state index in [2.05, 4.69) is 10.5 Å². The molecule has 0 spiro atoms. The molecule has 22 heavy (non-hydrogen) atoms. The molecular weight excluding hydrogens is 280 g/mol. The second kappa shape index (κ2) is 6.05. The number of carbonyl (C=O) groups excluding carboxylic acids is 1. The molecule has 114 valence electrons. The molecule has 0 aromatic heterocycles. The Kier molecular flexibility index (Phi) is 3.96. The molecule has 1 aliphatic carbocycles. The zero-order chi connectivity index (χ0) is 15.5. The SMILES string of the molecule is COc1ccc(CC2=NNC(=O)[C@@H]3C=CC=C[C@@H]23)cc1OC. The van der Waals surface area contributed by atoms with Crippen LogP contribution < -0.4 is 14.9 Å². The lowest BCUT2D eigenvalue weighted by molar-refractivity contribution is -0.124. The Labute approximate surface area is 129 Å². The Hall–Kier alpha value is -2.56. The Bertz CT molecular complexity index is 676. The van der Waals surface area contributed by atoms with E-state index in [4.69, 9.17) is 9.47 Å². The van der Waals surface area contributed by atoms with E-state index in [0.717, 1.165) is 11.3 Å². The van der Waals surface area contributed by atoms with Crippen molar-refractivity contribution in [3.8, 4) is 11.5 Å². The highest BCUT2D eigenvalue weighted by Crippen LogP contribution is 2.30. The fourth-order valence-electron chi connectivity index (χ4n) is 2.81. The number of benzene rings is 1. The van der Waals surface area contributed by atoms with E-state index in [0.29, 0.717) is 17.9 Å². The Morgan fingerprint density at radius 2 is 1.82 bits per heavy atom. The number of ether oxygens (including phenoxy) is 2. The topological polar surface area (TPSA) is 59.9 Å². The molecule has 1 N–H and O–H groups in total. The summed E-state index contributed by atoms with van der Waals surface area (Å²) < 4.78 is 10.6. The fraction of sp³-hybridized carbons (Fsp3) is 0.294. The first-order valence-electron chi connectivity index (χ1n) is 7.15. The van der Waals surface area contributed by atoms with Crippen LogP contribution in [0, 0.1) is 11.8 Å². The number of hydrogen-bond donors (Lipinski definition) is 1. The number of allylic oxidation sites excluding steroid dienone is 3. The average Bonchev–Trinajstić information content (AvgIpc) is 2.57. The first kappa shape index (κ1) is 14.4. The first-order chi connectivity index (χ1) is 10.7. The van der Waals surface area contributed by atoms with Gasteiger partial charge >= 0.3 is 0 Å². The summed E-state index contributed by atoms with van der Waals surface area (Å²) in [5.74, 6) is 1.19. The second-order valence-corrected chi connectivity index (χ2v) is 5.27. The summed E-state index contributed by atoms with van der Waals surface area (Å²) in [4.78, 5) is 11.9. The van der Waals surface area contributed by atoms with Crippen molar-refractivity contribution in [1.82, 2.24) is 5.43 Å². The van der Waals surface area contributed by atoms with Crippen LogP contribution in [0.4, 0.5) is 0 Å². The van der Waals surface area contributed by atoms with Gasteiger partial charge < -0.3 is 9.47 Å². The van der Waals surface area contributed by atoms with Gasteiger partial charge in [-0.2, -0.15) is 5.10 Å². The molecule has 5 nitrogen and oxygen atoms in total. The molecule has 1 aliphatic heterocycles. The van der Waals surface area contributed by atoms with Crippen LogP contribution in [0.2, 0.25) is 0 Å². The average molecular weight is 298 g/mol. The van der Waals surface area contributed by atoms with E-state index in [9.17, 15) is 4.79 Å². The maximum absolute atomic E-state index is 11.9. The van der Waals surface area contributed by atoms with Crippen molar-refractivity contribution < 1.29 is 14.3 Å². The smallest absolute Gasteiger partial charge is 0.247 e. The quantitative estimate of drug-likeness (QED) is 0.926. The number of hydrogen-bond acceptors (Lipinski definition) is 4. The van der Waals surface area contributed by atoms with Crippen LogP contribution in [-0.2, 0) is 11.2 Å². The van der Waals surface area contributed by atoms with Crippen LogP contribution in [-0.4, -0.2) is 25.8 Å². The van der Waals surface area contributed by atoms with Crippen molar-refractivity contribution in [2.24, 2.45) is 16.9 Å². The highest BCUT2D eigenvalue weighted by atomic mass is 16.5. The predicted molar refractivity (Wildman–Crippen MR) is 84.1 cm³/mol. The highest BCUT2D eigenvalue weighted by molar-refractivity contribution is 5.99. The van der Waals surface area contributed by atoms with Gasteiger partial charge in [-0.15, -0.1) is 0 Å². The van der Waals surface area contributed by atoms with Crippen LogP contribution >= 0.6 is 0 Å². The van der Waals surface area contributed by atoms with Crippen LogP contribution in [0.3, 0.4) is 0 Å². The van der Waals surface area contributed by atoms with Gasteiger partial charge in [-0.3, -0.25) is 4.79 Å². The number of hydrazone groups is 1. The minimum absolute atomic E-state index is 0.0202. The molecule has 1 heterocycles. The summed E-state index contributed by atoms with van der Waals surface area (Å²) in [7, 11) is 3.23. The standard InChI is InChI=1S/C17H18N2O3/c1-21-15-8-7-11(10-16(15)22-2)9-14-12-5-3-4-6-13(12)17(20)19-18-14/h3-8,10,12-13H,9H2,1-2H3,(H,19,20)/t12-,13-/m1/s1. The Morgan fingerprint density at radius 3 is 2.55 bits per heavy atom. The second-order valence-electron chi connectivity index (χ2n) is 5.27. The minimum Gasteiger partial charge on any atom is -0.493 e. The molecule has 1 amide bonds. The summed E-state index contributed by atoms with van der Waals surface area (Å²) in [6, 6.07) is 5.80. The van der Waals surface area contributed by atoms with Crippen LogP contribution in [0.25, 0.3) is 0 Å². The lowest BCUT2D eigenvalue weighted by atomic mass is 9.81. The van der Waals surface area contributed by atoms with Crippen LogP contribution in [0.1, 0.15) is 5.56 Å². The van der Waals surface area contributed by atoms with Crippen LogP contribution in [0.15, 0.2) is 47.6 Å². The van der Waals surface area contributed by atoms with E-state index >= 15 is 0 Å². The lowest BCUT2D eigenvalue weighted by Gasteiger charge is -2.28. The number of nitrogens with zero attached hydrogens (tertiary/aromatic N) is 1. The lowest BCUT2D eigenvalue weighted by Crippen LogP contribution is -2.41. The molecule has 0 saturated heterocycles. The predicted octanol–water partition coefficient (Wildman–Crippen LogP) is 2.09. The number of methoxy groups -OCH3 is 2. The van der Waals surface area contributed by atoms with Gasteiger partial charge in [0, 0.05) is 12.3 Å². The Balaban J connectivity index is 1.85. The van der Waals surface area contributed by atoms with Crippen molar-refractivity contribution in [3.63, 3.8) is 0 Å². The van der Waals surface area contributed by atoms with E-state index < -0.39 is 0 Å². The molecule has 0 bridgehead atoms. The zero-order valence-corrected chi connectivity index (χ0v) is 12.6. The fourth-order valence-corrected chi connectivity index (χ4v) is 2.81. The molecule has 0 saturated carbocycles. The summed E-state index contributed by atoms with van der Waals surface area (Å²) in [5, 5.41) is 4.25. The third-order valence-corrected chi connectivity index (χ3v) is 3.97. The van der Waals surface area contributed by atoms with Crippen LogP contribution in [0.5, 0.6) is 11.5 Å². The van der Waals surface area contributed by atoms with Crippen molar-refractivity contribution in [2.75, 3.05) is 14.2 Å². The van der Waals surface area contributed by atoms with E-state index in [1.165, 1.54) is 0 Å². The van der Waals surface area contributed by atoms with Gasteiger partial charge in [0.25, 0.3) is 0 Å². The maximum atomic E-state index is 11.9. The highest BCUT2D eigenvalue weighted by Gasteiger charge is 2.33. The number of rotatable bonds is 4. The van der Waals surface area contributed by atoms with Gasteiger partial charge in [-0.25, -0.2) is 5.43 Å². The monoisotopic (exact) mass is 298 g/mol. The van der Waals surface area contributed by atoms with Gasteiger partial charge in [0.1, 0.15) is 0 Å². The summed E-state index contributed by atoms with van der Waals surface area (Å²) in [6.45, 7) is 0. The normalized spacial score (nSPS) is 22.6. The summed E-state index contributed by atoms with van der Waals surface area (Å²) in [5.41, 5.74) is 4.62. The molecule has 2 aliphatic rings. The van der Waals surface area contributed by atoms with Gasteiger partial charge in [0.15, 0.2) is 11.5 Å². The largest absolute Gasteiger partial charge is 0.493 e. The molecule has 5 heteroatoms. The van der Waals surface area contributed by atoms with Crippen molar-refractivity contribution in [1.29, 1.82) is 0 Å². The van der Waals surface area contributed by atoms with E-state index in [1.807, 2.05) is 42.5 Å². The minimum atomic E-state index is -0.169. The maximum Gasteiger partial charge on any atom is 0.247 e. The molecule has 2 atom stereocenters. The number of carbonyl (C=O) groups is 1. The molecule has 1 aromatic rings. The first-order valence-corrected chi connectivity index (χ1v) is 7.15. The van der Waals surface area contributed by atoms with Gasteiger partial charge in [0.05, 0.1) is 25.8 Å². The van der Waals surface area contributed by atoms with E-state index in [1.54, 1.807) is 14.2 Å². The molecule has 3 rings (SSSR count). The van der Waals surface area contributed by atoms with Crippen molar-refractivity contribution >= 4 is 11.6 Å². The van der Waals surface area contributed by atoms with Gasteiger partial charge in [-0.1, -0.05) is 30.4 Å². The zero-order valence-electron chi connectivity index (χ0n) is 12.6. The number of amides is 1. The number of nitrogens with one attached hydrogen (secondary N) is 1. The molecule has 0 radical (unpaired) electrons. The Morgan fingerprint density at radius 1 is 1.09 bits per heavy atom. The number of fused-ring (bicyclic) bond motifs is 1. The summed E-state index contributed by atoms with van der Waals surface area (Å²) in [6.07, 6.45) is 8.47. The third-order valence-electron chi connectivity index (χ3n) is 3.97. The molecular formula is C17H18N2O3.